The van der Waals surface area contributed by atoms with Gasteiger partial charge in [-0.15, -0.1) is 0 Å². The van der Waals surface area contributed by atoms with E-state index in [-0.39, 0.29) is 17.3 Å². The first-order valence-electron chi connectivity index (χ1n) is 9.42. The van der Waals surface area contributed by atoms with Crippen molar-refractivity contribution < 1.29 is 13.2 Å². The summed E-state index contributed by atoms with van der Waals surface area (Å²) < 4.78 is 34.0. The van der Waals surface area contributed by atoms with Crippen LogP contribution in [0.5, 0.6) is 11.8 Å². The lowest BCUT2D eigenvalue weighted by Crippen LogP contribution is -2.17. The molecule has 0 aliphatic carbocycles. The van der Waals surface area contributed by atoms with Gasteiger partial charge < -0.3 is 9.30 Å². The average molecular weight is 432 g/mol. The largest absolute Gasteiger partial charge is 0.420 e. The Morgan fingerprint density at radius 2 is 1.83 bits per heavy atom. The average Bonchev–Trinajstić information content (AvgIpc) is 2.89. The summed E-state index contributed by atoms with van der Waals surface area (Å²) >= 11 is 0. The number of ether oxygens (including phenoxy) is 1. The van der Waals surface area contributed by atoms with Crippen LogP contribution in [0.25, 0.3) is 11.3 Å². The van der Waals surface area contributed by atoms with Crippen molar-refractivity contribution in [2.45, 2.75) is 38.7 Å². The normalized spacial score (nSPS) is 11.8. The van der Waals surface area contributed by atoms with Gasteiger partial charge in [-0.1, -0.05) is 0 Å². The standard InChI is InChI=1S/C20H25N5O4S/c1-12(2)30(27,28)11-16-9-17(15-7-8-18(26)24(5)10-15)22-20(21-16)29-19-13(3)23-25(6)14(19)4/h7-10,12H,11H2,1-6H3. The molecular weight excluding hydrogens is 406 g/mol. The van der Waals surface area contributed by atoms with E-state index < -0.39 is 15.1 Å². The molecule has 3 rings (SSSR count). The minimum Gasteiger partial charge on any atom is -0.420 e. The van der Waals surface area contributed by atoms with Gasteiger partial charge in [-0.2, -0.15) is 15.1 Å². The smallest absolute Gasteiger partial charge is 0.322 e. The molecule has 9 nitrogen and oxygen atoms in total. The van der Waals surface area contributed by atoms with Crippen LogP contribution < -0.4 is 10.3 Å². The van der Waals surface area contributed by atoms with Crippen molar-refractivity contribution in [2.75, 3.05) is 0 Å². The highest BCUT2D eigenvalue weighted by atomic mass is 32.2. The molecule has 0 fully saturated rings. The van der Waals surface area contributed by atoms with Gasteiger partial charge >= 0.3 is 6.01 Å². The number of nitrogens with zero attached hydrogens (tertiary/aromatic N) is 5. The maximum absolute atomic E-state index is 12.5. The first-order chi connectivity index (χ1) is 14.0. The van der Waals surface area contributed by atoms with Crippen molar-refractivity contribution in [3.05, 3.63) is 51.8 Å². The van der Waals surface area contributed by atoms with Crippen LogP contribution in [0.1, 0.15) is 30.9 Å². The summed E-state index contributed by atoms with van der Waals surface area (Å²) in [5, 5.41) is 3.77. The number of aryl methyl sites for hydroxylation is 3. The highest BCUT2D eigenvalue weighted by molar-refractivity contribution is 7.91. The predicted octanol–water partition coefficient (Wildman–Crippen LogP) is 2.31. The van der Waals surface area contributed by atoms with Crippen molar-refractivity contribution in [2.24, 2.45) is 14.1 Å². The summed E-state index contributed by atoms with van der Waals surface area (Å²) in [5.74, 6) is 0.278. The first kappa shape index (κ1) is 21.7. The molecule has 0 saturated heterocycles. The van der Waals surface area contributed by atoms with Gasteiger partial charge in [-0.05, 0) is 39.8 Å². The van der Waals surface area contributed by atoms with E-state index in [1.165, 1.54) is 10.6 Å². The van der Waals surface area contributed by atoms with Crippen molar-refractivity contribution >= 4 is 9.84 Å². The fourth-order valence-corrected chi connectivity index (χ4v) is 3.75. The van der Waals surface area contributed by atoms with E-state index in [2.05, 4.69) is 15.1 Å². The van der Waals surface area contributed by atoms with E-state index in [0.717, 1.165) is 5.69 Å². The van der Waals surface area contributed by atoms with Gasteiger partial charge in [-0.25, -0.2) is 8.42 Å². The van der Waals surface area contributed by atoms with Crippen LogP contribution in [0, 0.1) is 13.8 Å². The lowest BCUT2D eigenvalue weighted by molar-refractivity contribution is 0.434. The van der Waals surface area contributed by atoms with Gasteiger partial charge in [0.25, 0.3) is 0 Å². The maximum Gasteiger partial charge on any atom is 0.322 e. The molecule has 3 aromatic heterocycles. The Labute approximate surface area is 175 Å². The van der Waals surface area contributed by atoms with Crippen LogP contribution in [0.4, 0.5) is 0 Å². The number of pyridine rings is 1. The summed E-state index contributed by atoms with van der Waals surface area (Å²) in [6.45, 7) is 6.92. The van der Waals surface area contributed by atoms with Gasteiger partial charge in [0.1, 0.15) is 5.69 Å². The second-order valence-corrected chi connectivity index (χ2v) is 10.0. The van der Waals surface area contributed by atoms with Crippen LogP contribution >= 0.6 is 0 Å². The van der Waals surface area contributed by atoms with Gasteiger partial charge in [0.05, 0.1) is 28.1 Å². The van der Waals surface area contributed by atoms with E-state index in [1.807, 2.05) is 13.8 Å². The minimum atomic E-state index is -3.38. The van der Waals surface area contributed by atoms with Crippen LogP contribution in [0.3, 0.4) is 0 Å². The molecule has 0 aromatic carbocycles. The molecule has 10 heteroatoms. The Kier molecular flexibility index (Phi) is 5.80. The topological polar surface area (TPSA) is 109 Å². The van der Waals surface area contributed by atoms with Gasteiger partial charge in [0.2, 0.25) is 5.56 Å². The molecule has 0 aliphatic heterocycles. The molecule has 3 aromatic rings. The number of hydrogen-bond acceptors (Lipinski definition) is 7. The summed E-state index contributed by atoms with van der Waals surface area (Å²) in [4.78, 5) is 20.5. The van der Waals surface area contributed by atoms with Crippen LogP contribution in [-0.4, -0.2) is 38.0 Å². The predicted molar refractivity (Wildman–Crippen MR) is 113 cm³/mol. The molecule has 160 valence electrons. The Balaban J connectivity index is 2.12. The first-order valence-corrected chi connectivity index (χ1v) is 11.1. The summed E-state index contributed by atoms with van der Waals surface area (Å²) in [6.07, 6.45) is 1.63. The SMILES string of the molecule is Cc1nn(C)c(C)c1Oc1nc(CS(=O)(=O)C(C)C)cc(-c2ccc(=O)n(C)c2)n1. The van der Waals surface area contributed by atoms with E-state index in [0.29, 0.717) is 28.4 Å². The quantitative estimate of drug-likeness (QED) is 0.589. The van der Waals surface area contributed by atoms with Gasteiger partial charge in [-0.3, -0.25) is 9.48 Å². The third-order valence-corrected chi connectivity index (χ3v) is 6.98. The summed E-state index contributed by atoms with van der Waals surface area (Å²) in [7, 11) is 0.0546. The second kappa shape index (κ2) is 8.02. The molecule has 30 heavy (non-hydrogen) atoms. The third kappa shape index (κ3) is 4.43. The van der Waals surface area contributed by atoms with Crippen LogP contribution in [-0.2, 0) is 29.7 Å². The highest BCUT2D eigenvalue weighted by Crippen LogP contribution is 2.28. The number of rotatable bonds is 6. The fourth-order valence-electron chi connectivity index (χ4n) is 2.85. The molecule has 0 bridgehead atoms. The zero-order valence-electron chi connectivity index (χ0n) is 17.9. The number of sulfone groups is 1. The van der Waals surface area contributed by atoms with Crippen molar-refractivity contribution in [1.29, 1.82) is 0 Å². The molecule has 0 spiro atoms. The second-order valence-electron chi connectivity index (χ2n) is 7.48. The third-order valence-electron chi connectivity index (χ3n) is 4.84. The molecular formula is C20H25N5O4S. The zero-order valence-corrected chi connectivity index (χ0v) is 18.7. The van der Waals surface area contributed by atoms with Crippen molar-refractivity contribution in [3.8, 4) is 23.0 Å². The number of hydrogen-bond donors (Lipinski definition) is 0. The van der Waals surface area contributed by atoms with E-state index in [1.54, 1.807) is 51.0 Å². The molecule has 0 N–H and O–H groups in total. The lowest BCUT2D eigenvalue weighted by atomic mass is 10.2. The molecule has 0 amide bonds. The molecule has 0 saturated carbocycles. The molecule has 3 heterocycles. The van der Waals surface area contributed by atoms with E-state index in [4.69, 9.17) is 4.74 Å². The van der Waals surface area contributed by atoms with Crippen LogP contribution in [0.15, 0.2) is 29.2 Å². The monoisotopic (exact) mass is 431 g/mol. The van der Waals surface area contributed by atoms with Crippen molar-refractivity contribution in [1.82, 2.24) is 24.3 Å². The molecule has 0 atom stereocenters. The van der Waals surface area contributed by atoms with E-state index >= 15 is 0 Å². The molecule has 0 radical (unpaired) electrons. The highest BCUT2D eigenvalue weighted by Gasteiger charge is 2.21. The van der Waals surface area contributed by atoms with Crippen LogP contribution in [0.2, 0.25) is 0 Å². The summed E-state index contributed by atoms with van der Waals surface area (Å²) in [5.41, 5.74) is 2.73. The Hall–Kier alpha value is -3.01. The Morgan fingerprint density at radius 1 is 1.13 bits per heavy atom. The van der Waals surface area contributed by atoms with Gasteiger partial charge in [0.15, 0.2) is 15.6 Å². The summed E-state index contributed by atoms with van der Waals surface area (Å²) in [6, 6.07) is 4.69. The fraction of sp³-hybridized carbons (Fsp3) is 0.400. The van der Waals surface area contributed by atoms with Gasteiger partial charge in [0, 0.05) is 31.9 Å². The lowest BCUT2D eigenvalue weighted by Gasteiger charge is -2.12. The van der Waals surface area contributed by atoms with Crippen molar-refractivity contribution in [3.63, 3.8) is 0 Å². The molecule has 0 unspecified atom stereocenters. The Morgan fingerprint density at radius 3 is 2.40 bits per heavy atom. The van der Waals surface area contributed by atoms with E-state index in [9.17, 15) is 13.2 Å². The molecule has 0 aliphatic rings. The number of aromatic nitrogens is 5. The maximum atomic E-state index is 12.5. The minimum absolute atomic E-state index is 0.0227. The Bertz CT molecular complexity index is 1260. The zero-order chi connectivity index (χ0) is 22.2.